The van der Waals surface area contributed by atoms with Crippen LogP contribution in [0.1, 0.15) is 0 Å². The van der Waals surface area contributed by atoms with E-state index in [1.165, 1.54) is 0 Å². The summed E-state index contributed by atoms with van der Waals surface area (Å²) in [5, 5.41) is 0. The highest BCUT2D eigenvalue weighted by Crippen LogP contribution is 2.33. The topological polar surface area (TPSA) is 64.3 Å². The molecule has 0 aliphatic carbocycles. The van der Waals surface area contributed by atoms with Crippen LogP contribution in [-0.4, -0.2) is 24.1 Å². The average Bonchev–Trinajstić information content (AvgIpc) is 2.53. The molecule has 0 atom stereocenters. The summed E-state index contributed by atoms with van der Waals surface area (Å²) in [7, 11) is 3.54. The molecular weight excluding hydrogens is 264 g/mol. The van der Waals surface area contributed by atoms with Crippen LogP contribution in [0.3, 0.4) is 0 Å². The highest BCUT2D eigenvalue weighted by molar-refractivity contribution is 5.82. The number of nitrogens with zero attached hydrogens (tertiary/aromatic N) is 3. The van der Waals surface area contributed by atoms with Gasteiger partial charge in [0.05, 0.1) is 23.8 Å². The lowest BCUT2D eigenvalue weighted by Gasteiger charge is -2.21. The van der Waals surface area contributed by atoms with Crippen LogP contribution < -0.4 is 15.4 Å². The Morgan fingerprint density at radius 1 is 0.952 bits per heavy atom. The molecule has 0 radical (unpaired) electrons. The number of ether oxygens (including phenoxy) is 1. The molecule has 2 N–H and O–H groups in total. The van der Waals surface area contributed by atoms with Crippen molar-refractivity contribution in [3.05, 3.63) is 48.5 Å². The van der Waals surface area contributed by atoms with Crippen LogP contribution in [-0.2, 0) is 0 Å². The third kappa shape index (κ3) is 2.33. The van der Waals surface area contributed by atoms with Gasteiger partial charge in [0.2, 0.25) is 0 Å². The minimum atomic E-state index is 0.391. The monoisotopic (exact) mass is 280 g/mol. The van der Waals surface area contributed by atoms with Crippen molar-refractivity contribution in [1.82, 2.24) is 9.97 Å². The van der Waals surface area contributed by atoms with Crippen LogP contribution in [0.25, 0.3) is 11.0 Å². The smallest absolute Gasteiger partial charge is 0.176 e. The summed E-state index contributed by atoms with van der Waals surface area (Å²) < 4.78 is 5.38. The van der Waals surface area contributed by atoms with Gasteiger partial charge in [0.25, 0.3) is 0 Å². The summed E-state index contributed by atoms with van der Waals surface area (Å²) in [6, 6.07) is 15.4. The molecule has 21 heavy (non-hydrogen) atoms. The van der Waals surface area contributed by atoms with Crippen molar-refractivity contribution >= 4 is 28.4 Å². The number of methoxy groups -OCH3 is 1. The van der Waals surface area contributed by atoms with Crippen molar-refractivity contribution in [2.45, 2.75) is 0 Å². The summed E-state index contributed by atoms with van der Waals surface area (Å²) in [5.74, 6) is 1.76. The number of hydrogen-bond donors (Lipinski definition) is 1. The molecule has 0 unspecified atom stereocenters. The van der Waals surface area contributed by atoms with Crippen molar-refractivity contribution < 1.29 is 4.74 Å². The first kappa shape index (κ1) is 13.2. The molecule has 0 aliphatic rings. The maximum absolute atomic E-state index is 6.06. The molecule has 0 bridgehead atoms. The van der Waals surface area contributed by atoms with E-state index in [-0.39, 0.29) is 0 Å². The van der Waals surface area contributed by atoms with E-state index in [4.69, 9.17) is 10.5 Å². The molecule has 0 spiro atoms. The Morgan fingerprint density at radius 2 is 1.57 bits per heavy atom. The third-order valence-corrected chi connectivity index (χ3v) is 3.34. The van der Waals surface area contributed by atoms with Gasteiger partial charge in [-0.3, -0.25) is 0 Å². The van der Waals surface area contributed by atoms with Gasteiger partial charge in [-0.25, -0.2) is 9.97 Å². The molecule has 0 saturated carbocycles. The van der Waals surface area contributed by atoms with Gasteiger partial charge in [0, 0.05) is 7.05 Å². The third-order valence-electron chi connectivity index (χ3n) is 3.34. The van der Waals surface area contributed by atoms with E-state index in [0.29, 0.717) is 11.6 Å². The molecule has 5 heteroatoms. The molecule has 0 saturated heterocycles. The van der Waals surface area contributed by atoms with Gasteiger partial charge in [-0.15, -0.1) is 0 Å². The Bertz CT molecular complexity index is 788. The fourth-order valence-corrected chi connectivity index (χ4v) is 2.27. The highest BCUT2D eigenvalue weighted by Gasteiger charge is 2.15. The van der Waals surface area contributed by atoms with Gasteiger partial charge in [0.15, 0.2) is 11.6 Å². The van der Waals surface area contributed by atoms with Gasteiger partial charge >= 0.3 is 0 Å². The van der Waals surface area contributed by atoms with Gasteiger partial charge in [-0.2, -0.15) is 0 Å². The van der Waals surface area contributed by atoms with Crippen LogP contribution in [0.2, 0.25) is 0 Å². The Morgan fingerprint density at radius 3 is 2.29 bits per heavy atom. The Labute approximate surface area is 123 Å². The van der Waals surface area contributed by atoms with Crippen molar-refractivity contribution in [2.24, 2.45) is 0 Å². The number of hydrogen-bond acceptors (Lipinski definition) is 5. The quantitative estimate of drug-likeness (QED) is 0.799. The number of rotatable bonds is 3. The molecule has 5 nitrogen and oxygen atoms in total. The van der Waals surface area contributed by atoms with Crippen LogP contribution in [0.5, 0.6) is 5.75 Å². The standard InChI is InChI=1S/C16H16N4O/c1-20(13-9-5-6-10-14(13)21-2)16-15(17)18-11-7-3-4-8-12(11)19-16/h3-10H,1-2H3,(H2,17,18). The summed E-state index contributed by atoms with van der Waals surface area (Å²) in [4.78, 5) is 10.9. The first-order valence-corrected chi connectivity index (χ1v) is 6.59. The predicted molar refractivity (Wildman–Crippen MR) is 85.0 cm³/mol. The number of anilines is 3. The molecule has 3 rings (SSSR count). The summed E-state index contributed by atoms with van der Waals surface area (Å²) in [6.07, 6.45) is 0. The zero-order valence-corrected chi connectivity index (χ0v) is 11.9. The molecule has 106 valence electrons. The Kier molecular flexibility index (Phi) is 3.31. The van der Waals surface area contributed by atoms with Crippen LogP contribution in [0.4, 0.5) is 17.3 Å². The van der Waals surface area contributed by atoms with Crippen molar-refractivity contribution in [2.75, 3.05) is 24.8 Å². The molecule has 3 aromatic rings. The van der Waals surface area contributed by atoms with Crippen LogP contribution >= 0.6 is 0 Å². The average molecular weight is 280 g/mol. The second-order valence-corrected chi connectivity index (χ2v) is 4.65. The van der Waals surface area contributed by atoms with Crippen molar-refractivity contribution in [1.29, 1.82) is 0 Å². The Hall–Kier alpha value is -2.82. The molecular formula is C16H16N4O. The summed E-state index contributed by atoms with van der Waals surface area (Å²) in [5.41, 5.74) is 8.54. The van der Waals surface area contributed by atoms with E-state index < -0.39 is 0 Å². The van der Waals surface area contributed by atoms with E-state index in [1.807, 2.05) is 60.5 Å². The highest BCUT2D eigenvalue weighted by atomic mass is 16.5. The zero-order valence-electron chi connectivity index (χ0n) is 11.9. The lowest BCUT2D eigenvalue weighted by atomic mass is 10.2. The predicted octanol–water partition coefficient (Wildman–Crippen LogP) is 2.99. The van der Waals surface area contributed by atoms with Gasteiger partial charge in [-0.1, -0.05) is 24.3 Å². The van der Waals surface area contributed by atoms with E-state index in [9.17, 15) is 0 Å². The van der Waals surface area contributed by atoms with E-state index in [2.05, 4.69) is 9.97 Å². The van der Waals surface area contributed by atoms with E-state index >= 15 is 0 Å². The normalized spacial score (nSPS) is 10.6. The van der Waals surface area contributed by atoms with Crippen LogP contribution in [0.15, 0.2) is 48.5 Å². The lowest BCUT2D eigenvalue weighted by Crippen LogP contribution is -2.15. The molecule has 1 aromatic heterocycles. The van der Waals surface area contributed by atoms with Gasteiger partial charge in [-0.05, 0) is 24.3 Å². The number of nitrogens with two attached hydrogens (primary N) is 1. The fraction of sp³-hybridized carbons (Fsp3) is 0.125. The second kappa shape index (κ2) is 5.28. The largest absolute Gasteiger partial charge is 0.495 e. The van der Waals surface area contributed by atoms with E-state index in [0.717, 1.165) is 22.5 Å². The van der Waals surface area contributed by atoms with E-state index in [1.54, 1.807) is 7.11 Å². The minimum absolute atomic E-state index is 0.391. The summed E-state index contributed by atoms with van der Waals surface area (Å²) in [6.45, 7) is 0. The van der Waals surface area contributed by atoms with Gasteiger partial charge < -0.3 is 15.4 Å². The minimum Gasteiger partial charge on any atom is -0.495 e. The maximum Gasteiger partial charge on any atom is 0.176 e. The molecule has 0 amide bonds. The molecule has 0 fully saturated rings. The summed E-state index contributed by atoms with van der Waals surface area (Å²) >= 11 is 0. The Balaban J connectivity index is 2.13. The molecule has 1 heterocycles. The molecule has 0 aliphatic heterocycles. The first-order valence-electron chi connectivity index (χ1n) is 6.59. The number of benzene rings is 2. The number of para-hydroxylation sites is 4. The molecule has 2 aromatic carbocycles. The SMILES string of the molecule is COc1ccccc1N(C)c1nc2ccccc2nc1N. The number of fused-ring (bicyclic) bond motifs is 1. The van der Waals surface area contributed by atoms with Crippen LogP contribution in [0, 0.1) is 0 Å². The maximum atomic E-state index is 6.06. The second-order valence-electron chi connectivity index (χ2n) is 4.65. The van der Waals surface area contributed by atoms with Crippen molar-refractivity contribution in [3.8, 4) is 5.75 Å². The first-order chi connectivity index (χ1) is 10.2. The number of aromatic nitrogens is 2. The lowest BCUT2D eigenvalue weighted by molar-refractivity contribution is 0.415. The zero-order chi connectivity index (χ0) is 14.8. The van der Waals surface area contributed by atoms with Crippen molar-refractivity contribution in [3.63, 3.8) is 0 Å². The van der Waals surface area contributed by atoms with Gasteiger partial charge in [0.1, 0.15) is 5.75 Å². The fourth-order valence-electron chi connectivity index (χ4n) is 2.27. The number of nitrogen functional groups attached to an aromatic ring is 1.